The minimum atomic E-state index is -0.954. The van der Waals surface area contributed by atoms with Crippen LogP contribution in [0.4, 0.5) is 15.1 Å². The van der Waals surface area contributed by atoms with E-state index in [2.05, 4.69) is 20.6 Å². The maximum absolute atomic E-state index is 13.7. The fourth-order valence-electron chi connectivity index (χ4n) is 1.74. The van der Waals surface area contributed by atoms with Crippen molar-refractivity contribution in [3.05, 3.63) is 53.6 Å². The highest BCUT2D eigenvalue weighted by Gasteiger charge is 2.22. The van der Waals surface area contributed by atoms with Gasteiger partial charge in [0, 0.05) is 12.4 Å². The first-order valence-electron chi connectivity index (χ1n) is 6.36. The van der Waals surface area contributed by atoms with Crippen molar-refractivity contribution in [3.8, 4) is 0 Å². The van der Waals surface area contributed by atoms with E-state index in [1.807, 2.05) is 0 Å². The molecular formula is C14H13Cl2FN4O. The fourth-order valence-corrected chi connectivity index (χ4v) is 2.15. The van der Waals surface area contributed by atoms with Crippen molar-refractivity contribution in [2.24, 2.45) is 0 Å². The number of nitrogens with one attached hydrogen (secondary N) is 2. The summed E-state index contributed by atoms with van der Waals surface area (Å²) in [6, 6.07) is 4.78. The number of aryl methyl sites for hydroxylation is 1. The second-order valence-corrected chi connectivity index (χ2v) is 5.66. The number of alkyl halides is 2. The molecule has 0 aliphatic rings. The third-order valence-electron chi connectivity index (χ3n) is 2.88. The lowest BCUT2D eigenvalue weighted by Crippen LogP contribution is -2.36. The molecule has 2 aromatic rings. The summed E-state index contributed by atoms with van der Waals surface area (Å²) in [6.45, 7) is 1.64. The van der Waals surface area contributed by atoms with E-state index in [-0.39, 0.29) is 5.95 Å². The van der Waals surface area contributed by atoms with E-state index < -0.39 is 22.7 Å². The molecule has 0 bridgehead atoms. The molecule has 22 heavy (non-hydrogen) atoms. The van der Waals surface area contributed by atoms with E-state index in [4.69, 9.17) is 23.2 Å². The number of anilines is 1. The number of benzene rings is 1. The van der Waals surface area contributed by atoms with Crippen LogP contribution >= 0.6 is 23.2 Å². The molecule has 0 aliphatic heterocycles. The van der Waals surface area contributed by atoms with Crippen molar-refractivity contribution in [1.82, 2.24) is 15.3 Å². The summed E-state index contributed by atoms with van der Waals surface area (Å²) >= 11 is 11.8. The molecule has 0 aliphatic carbocycles. The van der Waals surface area contributed by atoms with E-state index in [1.165, 1.54) is 18.5 Å². The van der Waals surface area contributed by atoms with Crippen molar-refractivity contribution in [1.29, 1.82) is 0 Å². The molecule has 0 spiro atoms. The average molecular weight is 343 g/mol. The molecule has 1 aromatic carbocycles. The standard InChI is InChI=1S/C14H13Cl2FN4O/c1-8-3-4-9(7-10(8)17)11(12(15)16)20-14(22)21-13-18-5-2-6-19-13/h2-7,11-12H,1H3,(H2,18,19,20,21,22). The largest absolute Gasteiger partial charge is 0.328 e. The van der Waals surface area contributed by atoms with Crippen molar-refractivity contribution < 1.29 is 9.18 Å². The highest BCUT2D eigenvalue weighted by molar-refractivity contribution is 6.44. The van der Waals surface area contributed by atoms with Gasteiger partial charge in [0.25, 0.3) is 0 Å². The van der Waals surface area contributed by atoms with Crippen LogP contribution in [0.3, 0.4) is 0 Å². The molecule has 2 rings (SSSR count). The van der Waals surface area contributed by atoms with E-state index in [0.29, 0.717) is 11.1 Å². The highest BCUT2D eigenvalue weighted by Crippen LogP contribution is 2.25. The average Bonchev–Trinajstić information content (AvgIpc) is 2.48. The maximum Gasteiger partial charge on any atom is 0.322 e. The number of aromatic nitrogens is 2. The third kappa shape index (κ3) is 4.29. The van der Waals surface area contributed by atoms with E-state index in [1.54, 1.807) is 25.1 Å². The Balaban J connectivity index is 2.11. The number of carbonyl (C=O) groups excluding carboxylic acids is 1. The summed E-state index contributed by atoms with van der Waals surface area (Å²) in [5.74, 6) is -0.264. The number of nitrogens with zero attached hydrogens (tertiary/aromatic N) is 2. The Morgan fingerprint density at radius 3 is 2.55 bits per heavy atom. The Labute approximate surface area is 136 Å². The van der Waals surface area contributed by atoms with Crippen LogP contribution in [0.1, 0.15) is 17.2 Å². The summed E-state index contributed by atoms with van der Waals surface area (Å²) in [6.07, 6.45) is 2.97. The molecule has 0 saturated carbocycles. The van der Waals surface area contributed by atoms with Crippen molar-refractivity contribution >= 4 is 35.2 Å². The van der Waals surface area contributed by atoms with Gasteiger partial charge in [0.2, 0.25) is 5.95 Å². The van der Waals surface area contributed by atoms with Crippen LogP contribution in [-0.4, -0.2) is 20.8 Å². The molecule has 0 radical (unpaired) electrons. The van der Waals surface area contributed by atoms with Gasteiger partial charge in [-0.3, -0.25) is 5.32 Å². The minimum absolute atomic E-state index is 0.134. The highest BCUT2D eigenvalue weighted by atomic mass is 35.5. The van der Waals surface area contributed by atoms with Crippen LogP contribution in [-0.2, 0) is 0 Å². The maximum atomic E-state index is 13.7. The Kier molecular flexibility index (Phi) is 5.51. The molecule has 1 heterocycles. The zero-order chi connectivity index (χ0) is 16.1. The van der Waals surface area contributed by atoms with Gasteiger partial charge in [0.15, 0.2) is 0 Å². The van der Waals surface area contributed by atoms with Gasteiger partial charge < -0.3 is 5.32 Å². The number of urea groups is 1. The van der Waals surface area contributed by atoms with Crippen LogP contribution in [0.5, 0.6) is 0 Å². The minimum Gasteiger partial charge on any atom is -0.328 e. The van der Waals surface area contributed by atoms with Crippen LogP contribution < -0.4 is 10.6 Å². The number of rotatable bonds is 4. The van der Waals surface area contributed by atoms with Crippen LogP contribution in [0.2, 0.25) is 0 Å². The molecule has 2 amide bonds. The van der Waals surface area contributed by atoms with Gasteiger partial charge in [0.1, 0.15) is 10.7 Å². The topological polar surface area (TPSA) is 66.9 Å². The molecule has 8 heteroatoms. The number of hydrogen-bond acceptors (Lipinski definition) is 3. The Morgan fingerprint density at radius 1 is 1.27 bits per heavy atom. The number of carbonyl (C=O) groups is 1. The lowest BCUT2D eigenvalue weighted by molar-refractivity contribution is 0.249. The Bertz CT molecular complexity index is 655. The number of halogens is 3. The third-order valence-corrected chi connectivity index (χ3v) is 3.39. The van der Waals surface area contributed by atoms with Crippen molar-refractivity contribution in [2.45, 2.75) is 17.8 Å². The van der Waals surface area contributed by atoms with Crippen LogP contribution in [0.25, 0.3) is 0 Å². The van der Waals surface area contributed by atoms with Crippen LogP contribution in [0.15, 0.2) is 36.7 Å². The van der Waals surface area contributed by atoms with E-state index in [0.717, 1.165) is 0 Å². The van der Waals surface area contributed by atoms with E-state index >= 15 is 0 Å². The SMILES string of the molecule is Cc1ccc(C(NC(=O)Nc2ncccn2)C(Cl)Cl)cc1F. The Morgan fingerprint density at radius 2 is 1.95 bits per heavy atom. The van der Waals surface area contributed by atoms with Gasteiger partial charge in [-0.2, -0.15) is 0 Å². The van der Waals surface area contributed by atoms with E-state index in [9.17, 15) is 9.18 Å². The van der Waals surface area contributed by atoms with Gasteiger partial charge in [0.05, 0.1) is 6.04 Å². The Hall–Kier alpha value is -1.92. The summed E-state index contributed by atoms with van der Waals surface area (Å²) in [4.78, 5) is 18.7. The van der Waals surface area contributed by atoms with Gasteiger partial charge in [-0.05, 0) is 30.2 Å². The second kappa shape index (κ2) is 7.38. The van der Waals surface area contributed by atoms with Crippen molar-refractivity contribution in [2.75, 3.05) is 5.32 Å². The molecule has 0 fully saturated rings. The molecule has 2 N–H and O–H groups in total. The van der Waals surface area contributed by atoms with Gasteiger partial charge in [-0.25, -0.2) is 19.2 Å². The van der Waals surface area contributed by atoms with Crippen molar-refractivity contribution in [3.63, 3.8) is 0 Å². The summed E-state index contributed by atoms with van der Waals surface area (Å²) in [7, 11) is 0. The predicted molar refractivity (Wildman–Crippen MR) is 83.6 cm³/mol. The van der Waals surface area contributed by atoms with Gasteiger partial charge >= 0.3 is 6.03 Å². The number of amides is 2. The smallest absolute Gasteiger partial charge is 0.322 e. The zero-order valence-corrected chi connectivity index (χ0v) is 13.1. The lowest BCUT2D eigenvalue weighted by Gasteiger charge is -2.20. The molecule has 116 valence electrons. The molecular weight excluding hydrogens is 330 g/mol. The summed E-state index contributed by atoms with van der Waals surface area (Å²) < 4.78 is 13.7. The normalized spacial score (nSPS) is 12.0. The quantitative estimate of drug-likeness (QED) is 0.834. The lowest BCUT2D eigenvalue weighted by atomic mass is 10.1. The first-order chi connectivity index (χ1) is 10.5. The number of hydrogen-bond donors (Lipinski definition) is 2. The molecule has 1 atom stereocenters. The molecule has 0 saturated heterocycles. The summed E-state index contributed by atoms with van der Waals surface area (Å²) in [5, 5.41) is 5.01. The van der Waals surface area contributed by atoms with Gasteiger partial charge in [-0.1, -0.05) is 12.1 Å². The first kappa shape index (κ1) is 16.5. The zero-order valence-electron chi connectivity index (χ0n) is 11.6. The first-order valence-corrected chi connectivity index (χ1v) is 7.23. The van der Waals surface area contributed by atoms with Gasteiger partial charge in [-0.15, -0.1) is 23.2 Å². The predicted octanol–water partition coefficient (Wildman–Crippen LogP) is 3.59. The second-order valence-electron chi connectivity index (χ2n) is 4.49. The monoisotopic (exact) mass is 342 g/mol. The fraction of sp³-hybridized carbons (Fsp3) is 0.214. The summed E-state index contributed by atoms with van der Waals surface area (Å²) in [5.41, 5.74) is 0.951. The molecule has 5 nitrogen and oxygen atoms in total. The van der Waals surface area contributed by atoms with Crippen LogP contribution in [0, 0.1) is 12.7 Å². The molecule has 1 aromatic heterocycles. The molecule has 1 unspecified atom stereocenters.